The van der Waals surface area contributed by atoms with E-state index in [0.29, 0.717) is 31.2 Å². The molecule has 0 bridgehead atoms. The minimum absolute atomic E-state index is 0.213. The van der Waals surface area contributed by atoms with Crippen LogP contribution in [-0.2, 0) is 20.0 Å². The number of halogens is 6. The highest BCUT2D eigenvalue weighted by Crippen LogP contribution is 2.42. The molecule has 32 heavy (non-hydrogen) atoms. The molecule has 2 amide bonds. The maximum atomic E-state index is 12.8. The number of benzene rings is 1. The average Bonchev–Trinajstić information content (AvgIpc) is 3.20. The number of carbonyl (C=O) groups excluding carboxylic acids is 1. The Hall–Kier alpha value is -2.11. The number of nitrogens with one attached hydrogen (secondary N) is 3. The van der Waals surface area contributed by atoms with E-state index in [2.05, 4.69) is 0 Å². The highest BCUT2D eigenvalue weighted by atomic mass is 32.2. The second-order valence-electron chi connectivity index (χ2n) is 6.89. The summed E-state index contributed by atoms with van der Waals surface area (Å²) in [5, 5.41) is 0.646. The first-order valence-corrected chi connectivity index (χ1v) is 11.7. The molecule has 0 radical (unpaired) electrons. The first-order valence-electron chi connectivity index (χ1n) is 8.75. The monoisotopic (exact) mass is 512 g/mol. The van der Waals surface area contributed by atoms with Crippen LogP contribution >= 0.6 is 0 Å². The highest BCUT2D eigenvalue weighted by Gasteiger charge is 2.68. The standard InChI is InChI=1S/C15H18F6N4O5S2/c1-13(14(16,17)18,15(19,20)21)22-12(26)23-24-31(27,28)10-4-6-11(7-5-10)32(29,30)25-8-2-3-9-25/h4-7,24H,2-3,8-9H2,1H3,(H2,22,23,26). The number of amides is 2. The van der Waals surface area contributed by atoms with Crippen LogP contribution in [0.15, 0.2) is 34.1 Å². The zero-order valence-electron chi connectivity index (χ0n) is 16.2. The minimum Gasteiger partial charge on any atom is -0.315 e. The van der Waals surface area contributed by atoms with Crippen molar-refractivity contribution in [1.29, 1.82) is 0 Å². The summed E-state index contributed by atoms with van der Waals surface area (Å²) in [6.07, 6.45) is -10.5. The SMILES string of the molecule is CC(NC(=O)NNS(=O)(=O)c1ccc(S(=O)(=O)N2CCCC2)cc1)(C(F)(F)F)C(F)(F)F. The van der Waals surface area contributed by atoms with Crippen LogP contribution < -0.4 is 15.6 Å². The lowest BCUT2D eigenvalue weighted by Crippen LogP contribution is -2.67. The van der Waals surface area contributed by atoms with Gasteiger partial charge in [0.2, 0.25) is 15.6 Å². The first kappa shape index (κ1) is 26.1. The molecule has 0 saturated carbocycles. The molecule has 1 aliphatic rings. The lowest BCUT2D eigenvalue weighted by molar-refractivity contribution is -0.297. The van der Waals surface area contributed by atoms with Crippen molar-refractivity contribution in [1.82, 2.24) is 19.9 Å². The molecular formula is C15H18F6N4O5S2. The third kappa shape index (κ3) is 5.26. The fourth-order valence-corrected chi connectivity index (χ4v) is 4.96. The van der Waals surface area contributed by atoms with E-state index >= 15 is 0 Å². The van der Waals surface area contributed by atoms with Crippen LogP contribution in [0.1, 0.15) is 19.8 Å². The quantitative estimate of drug-likeness (QED) is 0.397. The van der Waals surface area contributed by atoms with Crippen molar-refractivity contribution in [3.05, 3.63) is 24.3 Å². The van der Waals surface area contributed by atoms with Gasteiger partial charge in [-0.15, -0.1) is 4.83 Å². The molecule has 1 aliphatic heterocycles. The molecule has 0 unspecified atom stereocenters. The van der Waals surface area contributed by atoms with E-state index in [0.717, 1.165) is 24.3 Å². The van der Waals surface area contributed by atoms with Crippen LogP contribution in [0, 0.1) is 0 Å². The maximum Gasteiger partial charge on any atom is 0.420 e. The third-order valence-corrected chi connectivity index (χ3v) is 7.81. The fraction of sp³-hybridized carbons (Fsp3) is 0.533. The summed E-state index contributed by atoms with van der Waals surface area (Å²) in [5.74, 6) is 0. The van der Waals surface area contributed by atoms with Crippen LogP contribution in [0.5, 0.6) is 0 Å². The molecule has 182 valence electrons. The Labute approximate surface area is 179 Å². The molecule has 1 heterocycles. The lowest BCUT2D eigenvalue weighted by atomic mass is 10.0. The van der Waals surface area contributed by atoms with Gasteiger partial charge in [0.1, 0.15) is 0 Å². The van der Waals surface area contributed by atoms with Crippen molar-refractivity contribution in [2.45, 2.75) is 47.4 Å². The van der Waals surface area contributed by atoms with Gasteiger partial charge in [-0.3, -0.25) is 5.43 Å². The Kier molecular flexibility index (Phi) is 7.09. The zero-order chi connectivity index (χ0) is 24.6. The number of hydrogen-bond acceptors (Lipinski definition) is 5. The molecule has 3 N–H and O–H groups in total. The van der Waals surface area contributed by atoms with Crippen LogP contribution in [0.2, 0.25) is 0 Å². The molecule has 1 saturated heterocycles. The Balaban J connectivity index is 2.11. The molecule has 2 rings (SSSR count). The average molecular weight is 512 g/mol. The van der Waals surface area contributed by atoms with Gasteiger partial charge in [-0.2, -0.15) is 30.6 Å². The zero-order valence-corrected chi connectivity index (χ0v) is 17.8. The van der Waals surface area contributed by atoms with Gasteiger partial charge >= 0.3 is 18.4 Å². The normalized spacial score (nSPS) is 16.7. The van der Waals surface area contributed by atoms with Gasteiger partial charge < -0.3 is 5.32 Å². The Morgan fingerprint density at radius 3 is 1.75 bits per heavy atom. The van der Waals surface area contributed by atoms with Gasteiger partial charge in [-0.25, -0.2) is 21.6 Å². The second-order valence-corrected chi connectivity index (χ2v) is 10.5. The molecule has 9 nitrogen and oxygen atoms in total. The third-order valence-electron chi connectivity index (χ3n) is 4.63. The van der Waals surface area contributed by atoms with Crippen LogP contribution in [0.4, 0.5) is 31.1 Å². The lowest BCUT2D eigenvalue weighted by Gasteiger charge is -2.34. The number of alkyl halides is 6. The van der Waals surface area contributed by atoms with Crippen molar-refractivity contribution in [3.8, 4) is 0 Å². The van der Waals surface area contributed by atoms with Crippen molar-refractivity contribution in [3.63, 3.8) is 0 Å². The van der Waals surface area contributed by atoms with E-state index in [1.54, 1.807) is 0 Å². The Bertz CT molecular complexity index is 1040. The second kappa shape index (κ2) is 8.68. The largest absolute Gasteiger partial charge is 0.420 e. The van der Waals surface area contributed by atoms with Gasteiger partial charge in [-0.05, 0) is 44.0 Å². The maximum absolute atomic E-state index is 12.8. The van der Waals surface area contributed by atoms with Gasteiger partial charge in [-0.1, -0.05) is 0 Å². The van der Waals surface area contributed by atoms with Crippen molar-refractivity contribution in [2.24, 2.45) is 0 Å². The van der Waals surface area contributed by atoms with E-state index in [-0.39, 0.29) is 11.8 Å². The summed E-state index contributed by atoms with van der Waals surface area (Å²) < 4.78 is 127. The molecular weight excluding hydrogens is 494 g/mol. The van der Waals surface area contributed by atoms with E-state index in [1.165, 1.54) is 14.6 Å². The van der Waals surface area contributed by atoms with Gasteiger partial charge in [0.05, 0.1) is 9.79 Å². The number of hydrogen-bond donors (Lipinski definition) is 3. The highest BCUT2D eigenvalue weighted by molar-refractivity contribution is 7.89. The summed E-state index contributed by atoms with van der Waals surface area (Å²) in [6.45, 7) is 0.274. The van der Waals surface area contributed by atoms with Gasteiger partial charge in [0.15, 0.2) is 0 Å². The molecule has 0 spiro atoms. The van der Waals surface area contributed by atoms with Crippen LogP contribution in [0.25, 0.3) is 0 Å². The number of sulfonamides is 2. The number of urea groups is 1. The molecule has 0 aliphatic carbocycles. The smallest absolute Gasteiger partial charge is 0.315 e. The topological polar surface area (TPSA) is 125 Å². The molecule has 0 aromatic heterocycles. The first-order chi connectivity index (χ1) is 14.4. The van der Waals surface area contributed by atoms with E-state index in [4.69, 9.17) is 0 Å². The summed E-state index contributed by atoms with van der Waals surface area (Å²) in [7, 11) is -8.51. The predicted octanol–water partition coefficient (Wildman–Crippen LogP) is 1.85. The van der Waals surface area contributed by atoms with Crippen LogP contribution in [-0.4, -0.2) is 58.2 Å². The number of hydrazine groups is 1. The van der Waals surface area contributed by atoms with E-state index in [9.17, 15) is 48.0 Å². The molecule has 1 aromatic carbocycles. The summed E-state index contributed by atoms with van der Waals surface area (Å²) >= 11 is 0. The van der Waals surface area contributed by atoms with Crippen molar-refractivity contribution < 1.29 is 48.0 Å². The molecule has 0 atom stereocenters. The molecule has 1 fully saturated rings. The van der Waals surface area contributed by atoms with Gasteiger partial charge in [0, 0.05) is 13.1 Å². The fourth-order valence-electron chi connectivity index (χ4n) is 2.60. The van der Waals surface area contributed by atoms with Gasteiger partial charge in [0.25, 0.3) is 10.0 Å². The molecule has 1 aromatic rings. The summed E-state index contributed by atoms with van der Waals surface area (Å²) in [4.78, 5) is 12.0. The Morgan fingerprint density at radius 2 is 1.31 bits per heavy atom. The van der Waals surface area contributed by atoms with Crippen molar-refractivity contribution >= 4 is 26.1 Å². The predicted molar refractivity (Wildman–Crippen MR) is 96.9 cm³/mol. The number of nitrogens with zero attached hydrogens (tertiary/aromatic N) is 1. The Morgan fingerprint density at radius 1 is 0.875 bits per heavy atom. The van der Waals surface area contributed by atoms with Crippen LogP contribution in [0.3, 0.4) is 0 Å². The molecule has 17 heteroatoms. The summed E-state index contributed by atoms with van der Waals surface area (Å²) in [6, 6.07) is 1.50. The number of rotatable bonds is 6. The summed E-state index contributed by atoms with van der Waals surface area (Å²) in [5.41, 5.74) is -3.46. The van der Waals surface area contributed by atoms with E-state index < -0.39 is 48.9 Å². The number of carbonyl (C=O) groups is 1. The van der Waals surface area contributed by atoms with E-state index in [1.807, 2.05) is 0 Å². The van der Waals surface area contributed by atoms with Crippen molar-refractivity contribution in [2.75, 3.05) is 13.1 Å². The minimum atomic E-state index is -5.93.